The van der Waals surface area contributed by atoms with Gasteiger partial charge in [0.15, 0.2) is 0 Å². The largest absolute Gasteiger partial charge is 0.300 e. The summed E-state index contributed by atoms with van der Waals surface area (Å²) in [6.07, 6.45) is 3.08. The molecule has 0 aliphatic carbocycles. The third kappa shape index (κ3) is 2.58. The van der Waals surface area contributed by atoms with Gasteiger partial charge in [-0.1, -0.05) is 47.5 Å². The van der Waals surface area contributed by atoms with E-state index >= 15 is 0 Å². The van der Waals surface area contributed by atoms with Gasteiger partial charge in [-0.15, -0.1) is 0 Å². The predicted molar refractivity (Wildman–Crippen MR) is 109 cm³/mol. The quantitative estimate of drug-likeness (QED) is 0.445. The molecule has 0 aliphatic heterocycles. The van der Waals surface area contributed by atoms with Crippen LogP contribution in [0.3, 0.4) is 0 Å². The molecule has 8 heteroatoms. The van der Waals surface area contributed by atoms with Gasteiger partial charge in [-0.3, -0.25) is 18.4 Å². The lowest BCUT2D eigenvalue weighted by atomic mass is 10.2. The standard InChI is InChI=1S/C20H10Cl2N4O2/c21-13-5-1-11(2-6-13)15-9-25-17(23-15)19(27)26-10-16(24-18(26)20(25)28)12-3-7-14(22)8-4-12/h1-10H. The van der Waals surface area contributed by atoms with E-state index in [1.165, 1.54) is 8.80 Å². The van der Waals surface area contributed by atoms with E-state index in [-0.39, 0.29) is 11.3 Å². The van der Waals surface area contributed by atoms with E-state index in [4.69, 9.17) is 23.2 Å². The van der Waals surface area contributed by atoms with Crippen molar-refractivity contribution >= 4 is 34.5 Å². The van der Waals surface area contributed by atoms with E-state index in [0.717, 1.165) is 11.1 Å². The minimum absolute atomic E-state index is 0.0440. The van der Waals surface area contributed by atoms with E-state index in [9.17, 15) is 9.59 Å². The Morgan fingerprint density at radius 2 is 0.964 bits per heavy atom. The molecule has 0 spiro atoms. The van der Waals surface area contributed by atoms with Gasteiger partial charge in [-0.05, 0) is 24.3 Å². The van der Waals surface area contributed by atoms with Gasteiger partial charge in [0.25, 0.3) is 11.1 Å². The molecule has 6 nitrogen and oxygen atoms in total. The number of hydrogen-bond donors (Lipinski definition) is 0. The third-order valence-electron chi connectivity index (χ3n) is 4.51. The molecule has 0 aliphatic rings. The maximum atomic E-state index is 12.9. The van der Waals surface area contributed by atoms with E-state index in [0.29, 0.717) is 21.4 Å². The molecule has 0 unspecified atom stereocenters. The topological polar surface area (TPSA) is 68.7 Å². The second-order valence-corrected chi connectivity index (χ2v) is 7.14. The van der Waals surface area contributed by atoms with Crippen LogP contribution in [0.2, 0.25) is 10.0 Å². The van der Waals surface area contributed by atoms with Crippen molar-refractivity contribution in [2.45, 2.75) is 0 Å². The van der Waals surface area contributed by atoms with Gasteiger partial charge in [0.05, 0.1) is 11.4 Å². The third-order valence-corrected chi connectivity index (χ3v) is 5.02. The first kappa shape index (κ1) is 16.9. The second-order valence-electron chi connectivity index (χ2n) is 6.26. The number of hydrogen-bond acceptors (Lipinski definition) is 4. The summed E-state index contributed by atoms with van der Waals surface area (Å²) in [4.78, 5) is 34.5. The zero-order chi connectivity index (χ0) is 19.4. The normalized spacial score (nSPS) is 11.5. The number of fused-ring (bicyclic) bond motifs is 2. The van der Waals surface area contributed by atoms with Gasteiger partial charge in [0.1, 0.15) is 0 Å². The second kappa shape index (κ2) is 6.15. The van der Waals surface area contributed by atoms with Crippen LogP contribution in [-0.2, 0) is 0 Å². The van der Waals surface area contributed by atoms with Crippen LogP contribution in [0, 0.1) is 0 Å². The summed E-state index contributed by atoms with van der Waals surface area (Å²) in [5, 5.41) is 1.18. The van der Waals surface area contributed by atoms with E-state index in [2.05, 4.69) is 9.97 Å². The Bertz CT molecular complexity index is 1280. The number of aromatic nitrogens is 4. The lowest BCUT2D eigenvalue weighted by Crippen LogP contribution is -2.25. The van der Waals surface area contributed by atoms with Crippen molar-refractivity contribution in [2.75, 3.05) is 0 Å². The van der Waals surface area contributed by atoms with E-state index < -0.39 is 11.1 Å². The first-order valence-electron chi connectivity index (χ1n) is 8.31. The lowest BCUT2D eigenvalue weighted by Gasteiger charge is -1.95. The average molecular weight is 409 g/mol. The highest BCUT2D eigenvalue weighted by Crippen LogP contribution is 2.22. The van der Waals surface area contributed by atoms with Crippen molar-refractivity contribution < 1.29 is 0 Å². The molecular weight excluding hydrogens is 399 g/mol. The van der Waals surface area contributed by atoms with Crippen LogP contribution >= 0.6 is 23.2 Å². The molecule has 0 fully saturated rings. The highest BCUT2D eigenvalue weighted by molar-refractivity contribution is 6.30. The molecule has 136 valence electrons. The molecule has 0 N–H and O–H groups in total. The van der Waals surface area contributed by atoms with Crippen molar-refractivity contribution in [3.8, 4) is 22.5 Å². The van der Waals surface area contributed by atoms with E-state index in [1.54, 1.807) is 60.9 Å². The number of halogens is 2. The van der Waals surface area contributed by atoms with Crippen LogP contribution in [0.1, 0.15) is 0 Å². The predicted octanol–water partition coefficient (Wildman–Crippen LogP) is 3.78. The SMILES string of the molecule is O=c1c2nc(-c3ccc(Cl)cc3)cn2c(=O)c2nc(-c3ccc(Cl)cc3)cn12. The van der Waals surface area contributed by atoms with Gasteiger partial charge in [0.2, 0.25) is 11.3 Å². The fourth-order valence-electron chi connectivity index (χ4n) is 3.11. The van der Waals surface area contributed by atoms with Crippen molar-refractivity contribution in [3.63, 3.8) is 0 Å². The molecule has 28 heavy (non-hydrogen) atoms. The van der Waals surface area contributed by atoms with Crippen LogP contribution in [0.25, 0.3) is 33.8 Å². The highest BCUT2D eigenvalue weighted by atomic mass is 35.5. The summed E-state index contributed by atoms with van der Waals surface area (Å²) in [6.45, 7) is 0. The summed E-state index contributed by atoms with van der Waals surface area (Å²) < 4.78 is 2.47. The van der Waals surface area contributed by atoms with Crippen LogP contribution in [-0.4, -0.2) is 18.8 Å². The molecule has 0 atom stereocenters. The van der Waals surface area contributed by atoms with Crippen LogP contribution in [0.5, 0.6) is 0 Å². The smallest absolute Gasteiger partial charge is 0.265 e. The van der Waals surface area contributed by atoms with Crippen LogP contribution < -0.4 is 11.1 Å². The Morgan fingerprint density at radius 3 is 1.32 bits per heavy atom. The van der Waals surface area contributed by atoms with Crippen molar-refractivity contribution in [3.05, 3.63) is 91.7 Å². The van der Waals surface area contributed by atoms with Crippen molar-refractivity contribution in [1.82, 2.24) is 18.8 Å². The summed E-state index contributed by atoms with van der Waals surface area (Å²) in [6, 6.07) is 14.0. The number of benzene rings is 2. The van der Waals surface area contributed by atoms with Crippen molar-refractivity contribution in [1.29, 1.82) is 0 Å². The first-order chi connectivity index (χ1) is 13.5. The van der Waals surface area contributed by atoms with Crippen LogP contribution in [0.4, 0.5) is 0 Å². The molecule has 2 aromatic carbocycles. The maximum Gasteiger partial charge on any atom is 0.300 e. The Labute approximate surface area is 167 Å². The summed E-state index contributed by atoms with van der Waals surface area (Å²) in [5.74, 6) is 0. The summed E-state index contributed by atoms with van der Waals surface area (Å²) >= 11 is 11.8. The number of nitrogens with zero attached hydrogens (tertiary/aromatic N) is 4. The fourth-order valence-corrected chi connectivity index (χ4v) is 3.36. The first-order valence-corrected chi connectivity index (χ1v) is 9.07. The molecule has 0 saturated carbocycles. The molecule has 0 radical (unpaired) electrons. The van der Waals surface area contributed by atoms with Gasteiger partial charge < -0.3 is 0 Å². The molecule has 5 rings (SSSR count). The summed E-state index contributed by atoms with van der Waals surface area (Å²) in [7, 11) is 0. The average Bonchev–Trinajstić information content (AvgIpc) is 3.33. The molecule has 3 heterocycles. The minimum Gasteiger partial charge on any atom is -0.265 e. The lowest BCUT2D eigenvalue weighted by molar-refractivity contribution is 1.01. The zero-order valence-corrected chi connectivity index (χ0v) is 15.6. The summed E-state index contributed by atoms with van der Waals surface area (Å²) in [5.41, 5.74) is 1.79. The number of imidazole rings is 2. The molecule has 0 bridgehead atoms. The van der Waals surface area contributed by atoms with Gasteiger partial charge >= 0.3 is 0 Å². The zero-order valence-electron chi connectivity index (χ0n) is 14.1. The van der Waals surface area contributed by atoms with E-state index in [1.807, 2.05) is 0 Å². The fraction of sp³-hybridized carbons (Fsp3) is 0. The Hall–Kier alpha value is -3.22. The Kier molecular flexibility index (Phi) is 3.72. The highest BCUT2D eigenvalue weighted by Gasteiger charge is 2.17. The van der Waals surface area contributed by atoms with Gasteiger partial charge in [-0.25, -0.2) is 9.97 Å². The molecule has 0 amide bonds. The minimum atomic E-state index is -0.414. The molecule has 5 aromatic rings. The van der Waals surface area contributed by atoms with Gasteiger partial charge in [0, 0.05) is 33.6 Å². The number of rotatable bonds is 2. The molecule has 3 aromatic heterocycles. The monoisotopic (exact) mass is 408 g/mol. The Balaban J connectivity index is 1.73. The molecular formula is C20H10Cl2N4O2. The van der Waals surface area contributed by atoms with Crippen molar-refractivity contribution in [2.24, 2.45) is 0 Å². The van der Waals surface area contributed by atoms with Crippen LogP contribution in [0.15, 0.2) is 70.5 Å². The molecule has 0 saturated heterocycles. The van der Waals surface area contributed by atoms with Gasteiger partial charge in [-0.2, -0.15) is 0 Å². The maximum absolute atomic E-state index is 12.9. The Morgan fingerprint density at radius 1 is 0.607 bits per heavy atom.